The fourth-order valence-electron chi connectivity index (χ4n) is 9.02. The predicted octanol–water partition coefficient (Wildman–Crippen LogP) is 12.8. The van der Waals surface area contributed by atoms with Gasteiger partial charge in [-0.1, -0.05) is 85.4 Å². The molecule has 0 spiro atoms. The Balaban J connectivity index is 1.88. The summed E-state index contributed by atoms with van der Waals surface area (Å²) in [6, 6.07) is 14.6. The SMILES string of the molecule is CCCCC(CC)Cc1cc(C)cc(S(=O)(=O)[O-])c1C(=C1C=CC(=[NH+]c2c(C)cc(C)c(C)c2C)C(C(C)C)=C1)c1ccc(Nc2c(C)cc(C)c(C)c2C)c(C(C)C)c1. The van der Waals surface area contributed by atoms with Gasteiger partial charge in [0.1, 0.15) is 10.1 Å². The number of hydrogen-bond acceptors (Lipinski definition) is 4. The zero-order chi connectivity index (χ0) is 44.4. The van der Waals surface area contributed by atoms with Crippen molar-refractivity contribution in [1.29, 1.82) is 0 Å². The topological polar surface area (TPSA) is 83.2 Å². The minimum atomic E-state index is -4.88. The number of rotatable bonds is 14. The zero-order valence-electron chi connectivity index (χ0n) is 39.2. The van der Waals surface area contributed by atoms with Crippen LogP contribution >= 0.6 is 0 Å². The zero-order valence-corrected chi connectivity index (χ0v) is 40.0. The van der Waals surface area contributed by atoms with E-state index < -0.39 is 10.1 Å². The van der Waals surface area contributed by atoms with Gasteiger partial charge in [-0.15, -0.1) is 0 Å². The van der Waals surface area contributed by atoms with Crippen molar-refractivity contribution in [1.82, 2.24) is 0 Å². The van der Waals surface area contributed by atoms with Crippen molar-refractivity contribution in [3.63, 3.8) is 0 Å². The van der Waals surface area contributed by atoms with Crippen LogP contribution in [-0.2, 0) is 16.5 Å². The van der Waals surface area contributed by atoms with Gasteiger partial charge in [-0.3, -0.25) is 0 Å². The van der Waals surface area contributed by atoms with Gasteiger partial charge >= 0.3 is 0 Å². The first-order valence-electron chi connectivity index (χ1n) is 22.1. The lowest BCUT2D eigenvalue weighted by Gasteiger charge is -2.27. The van der Waals surface area contributed by atoms with Gasteiger partial charge in [0.2, 0.25) is 11.4 Å². The van der Waals surface area contributed by atoms with Crippen LogP contribution in [-0.4, -0.2) is 18.7 Å². The van der Waals surface area contributed by atoms with E-state index in [1.807, 2.05) is 6.92 Å². The molecule has 6 heteroatoms. The van der Waals surface area contributed by atoms with Crippen molar-refractivity contribution in [3.05, 3.63) is 144 Å². The average molecular weight is 827 g/mol. The smallest absolute Gasteiger partial charge is 0.210 e. The first-order valence-corrected chi connectivity index (χ1v) is 23.5. The molecular formula is C54H70N2O3S. The highest BCUT2D eigenvalue weighted by molar-refractivity contribution is 7.85. The van der Waals surface area contributed by atoms with Crippen LogP contribution in [0.4, 0.5) is 17.1 Å². The monoisotopic (exact) mass is 827 g/mol. The van der Waals surface area contributed by atoms with Gasteiger partial charge < -0.3 is 9.87 Å². The van der Waals surface area contributed by atoms with Gasteiger partial charge in [0.25, 0.3) is 0 Å². The van der Waals surface area contributed by atoms with Crippen molar-refractivity contribution in [2.24, 2.45) is 11.8 Å². The fraction of sp³-hybridized carbons (Fsp3) is 0.426. The highest BCUT2D eigenvalue weighted by atomic mass is 32.2. The first-order chi connectivity index (χ1) is 28.2. The molecule has 0 aliphatic heterocycles. The summed E-state index contributed by atoms with van der Waals surface area (Å²) in [7, 11) is -4.88. The van der Waals surface area contributed by atoms with Crippen LogP contribution in [0.1, 0.15) is 145 Å². The first kappa shape index (κ1) is 46.5. The Morgan fingerprint density at radius 3 is 2.00 bits per heavy atom. The molecule has 0 fully saturated rings. The second kappa shape index (κ2) is 19.0. The van der Waals surface area contributed by atoms with Crippen LogP contribution < -0.4 is 10.3 Å². The van der Waals surface area contributed by atoms with E-state index in [1.54, 1.807) is 6.07 Å². The summed E-state index contributed by atoms with van der Waals surface area (Å²) in [6.07, 6.45) is 11.3. The van der Waals surface area contributed by atoms with E-state index in [9.17, 15) is 13.0 Å². The molecule has 0 bridgehead atoms. The lowest BCUT2D eigenvalue weighted by atomic mass is 9.81. The Labute approximate surface area is 363 Å². The summed E-state index contributed by atoms with van der Waals surface area (Å²) in [4.78, 5) is 3.67. The van der Waals surface area contributed by atoms with E-state index in [4.69, 9.17) is 0 Å². The highest BCUT2D eigenvalue weighted by Crippen LogP contribution is 2.42. The Morgan fingerprint density at radius 2 is 1.40 bits per heavy atom. The highest BCUT2D eigenvalue weighted by Gasteiger charge is 2.28. The predicted molar refractivity (Wildman–Crippen MR) is 254 cm³/mol. The van der Waals surface area contributed by atoms with E-state index in [2.05, 4.69) is 162 Å². The van der Waals surface area contributed by atoms with E-state index in [0.717, 1.165) is 87.4 Å². The van der Waals surface area contributed by atoms with Gasteiger partial charge in [0, 0.05) is 39.7 Å². The van der Waals surface area contributed by atoms with Gasteiger partial charge in [0.05, 0.1) is 4.90 Å². The number of hydrogen-bond donors (Lipinski definition) is 2. The third-order valence-corrected chi connectivity index (χ3v) is 13.9. The largest absolute Gasteiger partial charge is 0.744 e. The summed E-state index contributed by atoms with van der Waals surface area (Å²) >= 11 is 0. The number of allylic oxidation sites excluding steroid dienone is 5. The standard InChI is InChI=1S/C54H70N2O3S/c1-16-18-19-42(17-2)28-45-24-33(7)25-50(60(57,58)59)52(45)51(43-20-22-48(46(29-43)31(3)4)55-53-36(10)26-34(8)38(12)40(53)14)44-21-23-49(47(30-44)32(5)6)56-54-37(11)27-35(9)39(13)41(54)15/h20-27,29-32,42,55H,16-19,28H2,1-15H3,(H,57,58,59). The molecule has 5 nitrogen and oxygen atoms in total. The van der Waals surface area contributed by atoms with E-state index >= 15 is 0 Å². The maximum Gasteiger partial charge on any atom is 0.210 e. The second-order valence-electron chi connectivity index (χ2n) is 18.2. The molecule has 5 rings (SSSR count). The maximum absolute atomic E-state index is 13.6. The van der Waals surface area contributed by atoms with Crippen molar-refractivity contribution >= 4 is 38.5 Å². The number of nitrogens with one attached hydrogen (secondary N) is 2. The van der Waals surface area contributed by atoms with Gasteiger partial charge in [-0.05, 0) is 190 Å². The Morgan fingerprint density at radius 1 is 0.750 bits per heavy atom. The van der Waals surface area contributed by atoms with Crippen LogP contribution in [0, 0.1) is 74.1 Å². The van der Waals surface area contributed by atoms with E-state index in [1.165, 1.54) is 44.5 Å². The summed E-state index contributed by atoms with van der Waals surface area (Å²) < 4.78 is 40.7. The van der Waals surface area contributed by atoms with Crippen LogP contribution in [0.25, 0.3) is 5.57 Å². The third kappa shape index (κ3) is 9.98. The molecule has 1 aliphatic carbocycles. The van der Waals surface area contributed by atoms with Gasteiger partial charge in [-0.2, -0.15) is 0 Å². The fourth-order valence-corrected chi connectivity index (χ4v) is 9.83. The summed E-state index contributed by atoms with van der Waals surface area (Å²) in [5.41, 5.74) is 21.1. The molecule has 4 aromatic rings. The summed E-state index contributed by atoms with van der Waals surface area (Å²) in [5, 5.41) is 3.82. The van der Waals surface area contributed by atoms with E-state index in [0.29, 0.717) is 17.9 Å². The van der Waals surface area contributed by atoms with Crippen molar-refractivity contribution in [3.8, 4) is 0 Å². The molecule has 4 aromatic carbocycles. The number of benzene rings is 4. The Kier molecular flexibility index (Phi) is 14.8. The maximum atomic E-state index is 13.6. The lowest BCUT2D eigenvalue weighted by molar-refractivity contribution is -0.353. The van der Waals surface area contributed by atoms with Gasteiger partial charge in [0.15, 0.2) is 0 Å². The van der Waals surface area contributed by atoms with Gasteiger partial charge in [-0.25, -0.2) is 13.4 Å². The van der Waals surface area contributed by atoms with Crippen molar-refractivity contribution in [2.45, 2.75) is 147 Å². The third-order valence-electron chi connectivity index (χ3n) is 13.1. The normalized spacial score (nSPS) is 15.3. The molecule has 1 atom stereocenters. The molecule has 60 heavy (non-hydrogen) atoms. The molecule has 0 amide bonds. The number of aryl methyl sites for hydroxylation is 5. The molecule has 0 saturated heterocycles. The lowest BCUT2D eigenvalue weighted by Crippen LogP contribution is -2.67. The Hall–Kier alpha value is -4.52. The average Bonchev–Trinajstić information content (AvgIpc) is 3.18. The molecule has 0 saturated carbocycles. The Bertz CT molecular complexity index is 2530. The van der Waals surface area contributed by atoms with Crippen LogP contribution in [0.15, 0.2) is 76.7 Å². The van der Waals surface area contributed by atoms with Crippen molar-refractivity contribution < 1.29 is 18.0 Å². The van der Waals surface area contributed by atoms with Crippen LogP contribution in [0.3, 0.4) is 0 Å². The molecule has 0 aromatic heterocycles. The number of unbranched alkanes of at least 4 members (excludes halogenated alkanes) is 1. The minimum absolute atomic E-state index is 0.141. The second-order valence-corrected chi connectivity index (χ2v) is 19.5. The molecule has 1 unspecified atom stereocenters. The number of anilines is 2. The molecule has 0 heterocycles. The molecule has 320 valence electrons. The van der Waals surface area contributed by atoms with Crippen molar-refractivity contribution in [2.75, 3.05) is 5.32 Å². The summed E-state index contributed by atoms with van der Waals surface area (Å²) in [6.45, 7) is 32.4. The quantitative estimate of drug-likeness (QED) is 0.124. The van der Waals surface area contributed by atoms with Crippen LogP contribution in [0.2, 0.25) is 0 Å². The van der Waals surface area contributed by atoms with Crippen LogP contribution in [0.5, 0.6) is 0 Å². The molecule has 1 aliphatic rings. The molecule has 2 N–H and O–H groups in total. The molecule has 0 radical (unpaired) electrons. The minimum Gasteiger partial charge on any atom is -0.744 e. The molecular weight excluding hydrogens is 757 g/mol. The summed E-state index contributed by atoms with van der Waals surface area (Å²) in [5.74, 6) is 0.627. The van der Waals surface area contributed by atoms with E-state index in [-0.39, 0.29) is 16.7 Å².